The Morgan fingerprint density at radius 2 is 2.13 bits per heavy atom. The van der Waals surface area contributed by atoms with Crippen LogP contribution in [0.2, 0.25) is 0 Å². The molecule has 0 saturated carbocycles. The number of likely N-dealkylation sites (tertiary alicyclic amines) is 1. The maximum absolute atomic E-state index is 13.0. The van der Waals surface area contributed by atoms with Crippen molar-refractivity contribution in [1.82, 2.24) is 19.8 Å². The van der Waals surface area contributed by atoms with Crippen LogP contribution in [-0.4, -0.2) is 40.0 Å². The molecule has 0 radical (unpaired) electrons. The van der Waals surface area contributed by atoms with Crippen molar-refractivity contribution >= 4 is 16.8 Å². The second-order valence-electron chi connectivity index (χ2n) is 9.77. The minimum absolute atomic E-state index is 0.0116. The highest BCUT2D eigenvalue weighted by atomic mass is 16.1. The van der Waals surface area contributed by atoms with Crippen LogP contribution in [0, 0.1) is 11.8 Å². The summed E-state index contributed by atoms with van der Waals surface area (Å²) in [6, 6.07) is 11.1. The molecular formula is C26H32N4O. The first-order chi connectivity index (χ1) is 15.0. The normalized spacial score (nSPS) is 23.2. The fourth-order valence-corrected chi connectivity index (χ4v) is 5.69. The zero-order valence-corrected chi connectivity index (χ0v) is 18.7. The van der Waals surface area contributed by atoms with Gasteiger partial charge in [0, 0.05) is 61.1 Å². The molecule has 1 aliphatic heterocycles. The minimum Gasteiger partial charge on any atom is -0.352 e. The first-order valence-corrected chi connectivity index (χ1v) is 11.5. The molecule has 3 atom stereocenters. The van der Waals surface area contributed by atoms with E-state index in [4.69, 9.17) is 0 Å². The summed E-state index contributed by atoms with van der Waals surface area (Å²) in [7, 11) is 2.19. The van der Waals surface area contributed by atoms with E-state index in [1.54, 1.807) is 6.20 Å². The van der Waals surface area contributed by atoms with Crippen molar-refractivity contribution in [2.24, 2.45) is 11.8 Å². The Morgan fingerprint density at radius 3 is 2.90 bits per heavy atom. The number of benzene rings is 1. The largest absolute Gasteiger partial charge is 0.352 e. The zero-order chi connectivity index (χ0) is 21.5. The van der Waals surface area contributed by atoms with Crippen LogP contribution in [-0.2, 0) is 24.3 Å². The molecule has 3 heterocycles. The number of hydrogen-bond acceptors (Lipinski definition) is 3. The lowest BCUT2D eigenvalue weighted by molar-refractivity contribution is -0.127. The molecule has 1 amide bonds. The number of piperidine rings is 1. The van der Waals surface area contributed by atoms with Gasteiger partial charge in [-0.05, 0) is 54.6 Å². The maximum atomic E-state index is 13.0. The van der Waals surface area contributed by atoms with Gasteiger partial charge >= 0.3 is 0 Å². The fourth-order valence-electron chi connectivity index (χ4n) is 5.69. The van der Waals surface area contributed by atoms with E-state index in [-0.39, 0.29) is 11.8 Å². The lowest BCUT2D eigenvalue weighted by Crippen LogP contribution is -2.51. The molecule has 1 unspecified atom stereocenters. The van der Waals surface area contributed by atoms with Crippen LogP contribution in [0.25, 0.3) is 10.9 Å². The number of carbonyl (C=O) groups excluding carboxylic acids is 1. The highest BCUT2D eigenvalue weighted by Crippen LogP contribution is 2.45. The number of hydrogen-bond donors (Lipinski definition) is 1. The highest BCUT2D eigenvalue weighted by Gasteiger charge is 2.41. The fraction of sp³-hybridized carbons (Fsp3) is 0.462. The van der Waals surface area contributed by atoms with Gasteiger partial charge in [-0.3, -0.25) is 9.78 Å². The van der Waals surface area contributed by atoms with Gasteiger partial charge in [0.1, 0.15) is 0 Å². The lowest BCUT2D eigenvalue weighted by atomic mass is 9.72. The van der Waals surface area contributed by atoms with Gasteiger partial charge in [-0.25, -0.2) is 0 Å². The molecule has 0 bridgehead atoms. The molecule has 5 heteroatoms. The van der Waals surface area contributed by atoms with Crippen LogP contribution in [0.3, 0.4) is 0 Å². The van der Waals surface area contributed by atoms with E-state index < -0.39 is 0 Å². The van der Waals surface area contributed by atoms with E-state index >= 15 is 0 Å². The number of carbonyl (C=O) groups is 1. The second-order valence-corrected chi connectivity index (χ2v) is 9.77. The lowest BCUT2D eigenvalue weighted by Gasteiger charge is -2.45. The second kappa shape index (κ2) is 8.12. The highest BCUT2D eigenvalue weighted by molar-refractivity contribution is 5.89. The van der Waals surface area contributed by atoms with Crippen LogP contribution in [0.5, 0.6) is 0 Å². The number of amides is 1. The van der Waals surface area contributed by atoms with Crippen molar-refractivity contribution in [1.29, 1.82) is 0 Å². The van der Waals surface area contributed by atoms with Crippen molar-refractivity contribution < 1.29 is 4.79 Å². The van der Waals surface area contributed by atoms with Gasteiger partial charge in [0.25, 0.3) is 0 Å². The Balaban J connectivity index is 1.40. The van der Waals surface area contributed by atoms with Crippen molar-refractivity contribution in [3.8, 4) is 0 Å². The summed E-state index contributed by atoms with van der Waals surface area (Å²) in [5.74, 6) is 1.19. The van der Waals surface area contributed by atoms with Gasteiger partial charge in [0.15, 0.2) is 0 Å². The molecule has 3 aromatic rings. The van der Waals surface area contributed by atoms with E-state index in [0.29, 0.717) is 24.4 Å². The van der Waals surface area contributed by atoms with Crippen molar-refractivity contribution in [3.63, 3.8) is 0 Å². The molecule has 1 aliphatic carbocycles. The van der Waals surface area contributed by atoms with Gasteiger partial charge in [0.05, 0.1) is 5.92 Å². The molecule has 2 aromatic heterocycles. The summed E-state index contributed by atoms with van der Waals surface area (Å²) >= 11 is 0. The number of nitrogens with one attached hydrogen (secondary N) is 1. The Hall–Kier alpha value is -2.66. The third-order valence-corrected chi connectivity index (χ3v) is 7.05. The molecular weight excluding hydrogens is 384 g/mol. The number of likely N-dealkylation sites (N-methyl/N-ethyl adjacent to an activating group) is 1. The number of nitrogens with zero attached hydrogens (tertiary/aromatic N) is 3. The molecule has 0 spiro atoms. The Morgan fingerprint density at radius 1 is 1.26 bits per heavy atom. The van der Waals surface area contributed by atoms with Gasteiger partial charge < -0.3 is 14.8 Å². The van der Waals surface area contributed by atoms with Crippen LogP contribution >= 0.6 is 0 Å². The molecule has 162 valence electrons. The van der Waals surface area contributed by atoms with E-state index in [9.17, 15) is 4.79 Å². The quantitative estimate of drug-likeness (QED) is 0.685. The third-order valence-electron chi connectivity index (χ3n) is 7.05. The molecule has 1 fully saturated rings. The summed E-state index contributed by atoms with van der Waals surface area (Å²) in [5.41, 5.74) is 5.30. The van der Waals surface area contributed by atoms with Crippen molar-refractivity contribution in [2.45, 2.75) is 51.7 Å². The molecule has 2 aliphatic rings. The first kappa shape index (κ1) is 20.3. The van der Waals surface area contributed by atoms with E-state index in [1.165, 1.54) is 22.0 Å². The van der Waals surface area contributed by atoms with Crippen LogP contribution < -0.4 is 5.32 Å². The zero-order valence-electron chi connectivity index (χ0n) is 18.7. The van der Waals surface area contributed by atoms with Gasteiger partial charge in [-0.2, -0.15) is 0 Å². The van der Waals surface area contributed by atoms with Crippen LogP contribution in [0.15, 0.2) is 48.9 Å². The molecule has 31 heavy (non-hydrogen) atoms. The molecule has 5 nitrogen and oxygen atoms in total. The van der Waals surface area contributed by atoms with Crippen LogP contribution in [0.4, 0.5) is 0 Å². The predicted molar refractivity (Wildman–Crippen MR) is 124 cm³/mol. The minimum atomic E-state index is 0.0116. The average Bonchev–Trinajstić information content (AvgIpc) is 3.11. The van der Waals surface area contributed by atoms with E-state index in [2.05, 4.69) is 65.1 Å². The third kappa shape index (κ3) is 3.76. The topological polar surface area (TPSA) is 50.2 Å². The summed E-state index contributed by atoms with van der Waals surface area (Å²) in [4.78, 5) is 19.6. The Labute approximate surface area is 184 Å². The summed E-state index contributed by atoms with van der Waals surface area (Å²) in [5, 5.41) is 4.58. The first-order valence-electron chi connectivity index (χ1n) is 11.5. The number of aromatic nitrogens is 2. The van der Waals surface area contributed by atoms with E-state index in [0.717, 1.165) is 31.5 Å². The average molecular weight is 417 g/mol. The Bertz CT molecular complexity index is 1090. The Kier molecular flexibility index (Phi) is 5.30. The van der Waals surface area contributed by atoms with Gasteiger partial charge in [0.2, 0.25) is 5.91 Å². The number of pyridine rings is 1. The predicted octanol–water partition coefficient (Wildman–Crippen LogP) is 3.97. The summed E-state index contributed by atoms with van der Waals surface area (Å²) in [6.07, 6.45) is 7.94. The molecule has 1 aromatic carbocycles. The van der Waals surface area contributed by atoms with Gasteiger partial charge in [-0.15, -0.1) is 0 Å². The molecule has 1 N–H and O–H groups in total. The van der Waals surface area contributed by atoms with Crippen molar-refractivity contribution in [3.05, 3.63) is 65.6 Å². The smallest absolute Gasteiger partial charge is 0.224 e. The summed E-state index contributed by atoms with van der Waals surface area (Å²) < 4.78 is 2.44. The molecule has 1 saturated heterocycles. The van der Waals surface area contributed by atoms with Crippen LogP contribution in [0.1, 0.15) is 42.9 Å². The monoisotopic (exact) mass is 416 g/mol. The SMILES string of the molecule is CC(C)Cn1cc2c3c(cccc31)[C@H]1CC(C(=O)NCc3cccnc3)CN(C)[C@@H]1C2. The van der Waals surface area contributed by atoms with Gasteiger partial charge in [-0.1, -0.05) is 32.0 Å². The van der Waals surface area contributed by atoms with E-state index in [1.807, 2.05) is 18.3 Å². The standard InChI is InChI=1S/C26H32N4O/c1-17(2)14-30-16-19-11-24-22(21-7-4-8-23(30)25(19)21)10-20(15-29(24)3)26(31)28-13-18-6-5-9-27-12-18/h4-9,12,16-17,20,22,24H,10-11,13-15H2,1-3H3,(H,28,31)/t20?,22-,24-/m1/s1. The number of rotatable bonds is 5. The van der Waals surface area contributed by atoms with Crippen molar-refractivity contribution in [2.75, 3.05) is 13.6 Å². The maximum Gasteiger partial charge on any atom is 0.224 e. The summed E-state index contributed by atoms with van der Waals surface area (Å²) in [6.45, 7) is 6.95. The molecule has 5 rings (SSSR count). The number of fused-ring (bicyclic) bond motifs is 2.